The molecule has 1 atom stereocenters. The van der Waals surface area contributed by atoms with Gasteiger partial charge in [0.15, 0.2) is 0 Å². The Balaban J connectivity index is 0.00000200. The molecule has 1 fully saturated rings. The van der Waals surface area contributed by atoms with Gasteiger partial charge in [-0.1, -0.05) is 0 Å². The summed E-state index contributed by atoms with van der Waals surface area (Å²) in [5, 5.41) is 7.63. The molecule has 0 aliphatic carbocycles. The fourth-order valence-electron chi connectivity index (χ4n) is 1.89. The molecule has 20 heavy (non-hydrogen) atoms. The van der Waals surface area contributed by atoms with Crippen LogP contribution >= 0.6 is 23.7 Å². The highest BCUT2D eigenvalue weighted by atomic mass is 35.5. The van der Waals surface area contributed by atoms with E-state index < -0.39 is 10.0 Å². The first-order valence-electron chi connectivity index (χ1n) is 5.94. The maximum absolute atomic E-state index is 12.1. The lowest BCUT2D eigenvalue weighted by Gasteiger charge is -2.14. The maximum Gasteiger partial charge on any atom is 0.263 e. The van der Waals surface area contributed by atoms with Crippen molar-refractivity contribution in [1.29, 1.82) is 0 Å². The average Bonchev–Trinajstić information content (AvgIpc) is 2.98. The number of halogens is 1. The summed E-state index contributed by atoms with van der Waals surface area (Å²) in [4.78, 5) is 12.5. The van der Waals surface area contributed by atoms with Gasteiger partial charge in [0.25, 0.3) is 5.91 Å². The van der Waals surface area contributed by atoms with Crippen LogP contribution in [-0.2, 0) is 10.0 Å². The summed E-state index contributed by atoms with van der Waals surface area (Å²) in [6.45, 7) is 1.60. The number of amides is 1. The molecule has 0 aromatic carbocycles. The molecule has 1 amide bonds. The summed E-state index contributed by atoms with van der Waals surface area (Å²) in [5.74, 6) is -0.316. The molecular formula is C11H18ClN3O3S2. The summed E-state index contributed by atoms with van der Waals surface area (Å²) in [6.07, 6.45) is 0.868. The van der Waals surface area contributed by atoms with Crippen molar-refractivity contribution in [3.05, 3.63) is 16.3 Å². The molecule has 0 radical (unpaired) electrons. The minimum atomic E-state index is -3.58. The Hall–Kier alpha value is -0.670. The number of hydrogen-bond donors (Lipinski definition) is 2. The van der Waals surface area contributed by atoms with Crippen molar-refractivity contribution in [2.45, 2.75) is 17.4 Å². The van der Waals surface area contributed by atoms with Gasteiger partial charge in [-0.15, -0.1) is 23.7 Å². The van der Waals surface area contributed by atoms with Crippen molar-refractivity contribution in [2.24, 2.45) is 0 Å². The minimum Gasteiger partial charge on any atom is -0.347 e. The van der Waals surface area contributed by atoms with Gasteiger partial charge < -0.3 is 10.6 Å². The molecule has 1 saturated heterocycles. The molecule has 2 N–H and O–H groups in total. The highest BCUT2D eigenvalue weighted by Gasteiger charge is 2.27. The number of rotatable bonds is 4. The normalized spacial score (nSPS) is 18.9. The van der Waals surface area contributed by atoms with Crippen molar-refractivity contribution in [2.75, 3.05) is 27.2 Å². The van der Waals surface area contributed by atoms with Crippen molar-refractivity contribution >= 4 is 39.7 Å². The van der Waals surface area contributed by atoms with Gasteiger partial charge in [0.05, 0.1) is 0 Å². The lowest BCUT2D eigenvalue weighted by molar-refractivity contribution is 0.0941. The van der Waals surface area contributed by atoms with E-state index in [1.165, 1.54) is 20.2 Å². The average molecular weight is 340 g/mol. The highest BCUT2D eigenvalue weighted by Crippen LogP contribution is 2.24. The van der Waals surface area contributed by atoms with E-state index in [1.54, 1.807) is 5.38 Å². The number of nitrogens with zero attached hydrogens (tertiary/aromatic N) is 1. The smallest absolute Gasteiger partial charge is 0.263 e. The fourth-order valence-corrected chi connectivity index (χ4v) is 4.09. The third kappa shape index (κ3) is 3.50. The molecule has 0 bridgehead atoms. The molecule has 1 aromatic heterocycles. The number of carbonyl (C=O) groups excluding carboxylic acids is 1. The Labute approximate surface area is 129 Å². The van der Waals surface area contributed by atoms with Gasteiger partial charge in [-0.25, -0.2) is 12.7 Å². The Morgan fingerprint density at radius 1 is 1.50 bits per heavy atom. The molecule has 2 rings (SSSR count). The second-order valence-electron chi connectivity index (χ2n) is 4.56. The predicted molar refractivity (Wildman–Crippen MR) is 81.2 cm³/mol. The van der Waals surface area contributed by atoms with E-state index in [1.807, 2.05) is 0 Å². The van der Waals surface area contributed by atoms with E-state index in [4.69, 9.17) is 0 Å². The van der Waals surface area contributed by atoms with Gasteiger partial charge in [0.2, 0.25) is 10.0 Å². The van der Waals surface area contributed by atoms with E-state index in [0.717, 1.165) is 35.2 Å². The lowest BCUT2D eigenvalue weighted by Crippen LogP contribution is -2.36. The molecule has 6 nitrogen and oxygen atoms in total. The van der Waals surface area contributed by atoms with E-state index in [2.05, 4.69) is 10.6 Å². The number of carbonyl (C=O) groups is 1. The number of sulfonamides is 1. The summed E-state index contributed by atoms with van der Waals surface area (Å²) in [6, 6.07) is 1.55. The zero-order valence-corrected chi connectivity index (χ0v) is 13.7. The Bertz CT molecular complexity index is 565. The summed E-state index contributed by atoms with van der Waals surface area (Å²) in [5.41, 5.74) is 0. The Morgan fingerprint density at radius 2 is 2.20 bits per heavy atom. The summed E-state index contributed by atoms with van der Waals surface area (Å²) >= 11 is 1.15. The van der Waals surface area contributed by atoms with E-state index >= 15 is 0 Å². The molecule has 0 spiro atoms. The quantitative estimate of drug-likeness (QED) is 0.838. The minimum absolute atomic E-state index is 0. The first-order chi connectivity index (χ1) is 8.93. The van der Waals surface area contributed by atoms with Gasteiger partial charge in [0.1, 0.15) is 9.77 Å². The van der Waals surface area contributed by atoms with Crippen LogP contribution in [0.4, 0.5) is 0 Å². The van der Waals surface area contributed by atoms with E-state index in [0.29, 0.717) is 0 Å². The second kappa shape index (κ2) is 6.86. The van der Waals surface area contributed by atoms with E-state index in [-0.39, 0.29) is 34.1 Å². The van der Waals surface area contributed by atoms with Crippen molar-refractivity contribution in [3.8, 4) is 0 Å². The zero-order valence-electron chi connectivity index (χ0n) is 11.3. The van der Waals surface area contributed by atoms with Crippen molar-refractivity contribution in [1.82, 2.24) is 14.9 Å². The van der Waals surface area contributed by atoms with Crippen LogP contribution in [0.25, 0.3) is 0 Å². The van der Waals surface area contributed by atoms with Gasteiger partial charge in [-0.2, -0.15) is 0 Å². The van der Waals surface area contributed by atoms with E-state index in [9.17, 15) is 13.2 Å². The molecule has 1 unspecified atom stereocenters. The summed E-state index contributed by atoms with van der Waals surface area (Å²) in [7, 11) is -0.668. The van der Waals surface area contributed by atoms with Crippen LogP contribution in [-0.4, -0.2) is 51.9 Å². The molecule has 1 aliphatic rings. The lowest BCUT2D eigenvalue weighted by atomic mass is 10.2. The molecular weight excluding hydrogens is 322 g/mol. The fraction of sp³-hybridized carbons (Fsp3) is 0.545. The van der Waals surface area contributed by atoms with Gasteiger partial charge >= 0.3 is 0 Å². The molecule has 2 heterocycles. The molecule has 1 aliphatic heterocycles. The molecule has 114 valence electrons. The van der Waals surface area contributed by atoms with Gasteiger partial charge in [0, 0.05) is 26.7 Å². The monoisotopic (exact) mass is 339 g/mol. The van der Waals surface area contributed by atoms with Crippen LogP contribution in [0.3, 0.4) is 0 Å². The first-order valence-corrected chi connectivity index (χ1v) is 8.26. The third-order valence-corrected chi connectivity index (χ3v) is 5.89. The topological polar surface area (TPSA) is 78.5 Å². The largest absolute Gasteiger partial charge is 0.347 e. The van der Waals surface area contributed by atoms with Crippen LogP contribution in [0.2, 0.25) is 0 Å². The van der Waals surface area contributed by atoms with Gasteiger partial charge in [-0.3, -0.25) is 4.79 Å². The number of thiophene rings is 1. The second-order valence-corrected chi connectivity index (χ2v) is 7.60. The van der Waals surface area contributed by atoms with Crippen LogP contribution in [0, 0.1) is 0 Å². The SMILES string of the molecule is CN(C)S(=O)(=O)c1ccsc1C(=O)NC1CCNC1.Cl. The number of hydrogen-bond acceptors (Lipinski definition) is 5. The third-order valence-electron chi connectivity index (χ3n) is 2.99. The summed E-state index contributed by atoms with van der Waals surface area (Å²) < 4.78 is 25.3. The highest BCUT2D eigenvalue weighted by molar-refractivity contribution is 7.89. The predicted octanol–water partition coefficient (Wildman–Crippen LogP) is 0.512. The molecule has 0 saturated carbocycles. The van der Waals surface area contributed by atoms with Crippen LogP contribution in [0.1, 0.15) is 16.1 Å². The van der Waals surface area contributed by atoms with Gasteiger partial charge in [-0.05, 0) is 24.4 Å². The number of nitrogens with one attached hydrogen (secondary N) is 2. The van der Waals surface area contributed by atoms with Crippen molar-refractivity contribution in [3.63, 3.8) is 0 Å². The zero-order chi connectivity index (χ0) is 14.0. The molecule has 9 heteroatoms. The Kier molecular flexibility index (Phi) is 5.96. The maximum atomic E-state index is 12.1. The van der Waals surface area contributed by atoms with Crippen LogP contribution in [0.5, 0.6) is 0 Å². The Morgan fingerprint density at radius 3 is 2.75 bits per heavy atom. The first kappa shape index (κ1) is 17.4. The standard InChI is InChI=1S/C11H17N3O3S2.ClH/c1-14(2)19(16,17)9-4-6-18-10(9)11(15)13-8-3-5-12-7-8;/h4,6,8,12H,3,5,7H2,1-2H3,(H,13,15);1H. The van der Waals surface area contributed by atoms with Crippen molar-refractivity contribution < 1.29 is 13.2 Å². The van der Waals surface area contributed by atoms with Crippen LogP contribution < -0.4 is 10.6 Å². The van der Waals surface area contributed by atoms with Crippen LogP contribution in [0.15, 0.2) is 16.3 Å². The molecule has 1 aromatic rings.